The average Bonchev–Trinajstić information content (AvgIpc) is 3.43. The second-order valence-corrected chi connectivity index (χ2v) is 9.13. The van der Waals surface area contributed by atoms with Gasteiger partial charge in [-0.15, -0.1) is 0 Å². The summed E-state index contributed by atoms with van der Waals surface area (Å²) in [5.41, 5.74) is 1.02. The van der Waals surface area contributed by atoms with Crippen molar-refractivity contribution < 1.29 is 23.9 Å². The Balaban J connectivity index is 1.55. The predicted octanol–water partition coefficient (Wildman–Crippen LogP) is 2.39. The first kappa shape index (κ1) is 22.9. The van der Waals surface area contributed by atoms with Crippen molar-refractivity contribution in [2.45, 2.75) is 26.4 Å². The molecule has 4 heterocycles. The first-order chi connectivity index (χ1) is 16.7. The zero-order chi connectivity index (χ0) is 24.9. The Morgan fingerprint density at radius 1 is 1.11 bits per heavy atom. The smallest absolute Gasteiger partial charge is 0.407 e. The van der Waals surface area contributed by atoms with Crippen LogP contribution in [0.1, 0.15) is 34.8 Å². The van der Waals surface area contributed by atoms with Crippen LogP contribution < -0.4 is 4.90 Å². The molecule has 2 aliphatic rings. The van der Waals surface area contributed by atoms with Crippen LogP contribution in [-0.4, -0.2) is 77.9 Å². The van der Waals surface area contributed by atoms with Gasteiger partial charge in [0.05, 0.1) is 11.7 Å². The third-order valence-corrected chi connectivity index (χ3v) is 7.04. The molecule has 182 valence electrons. The highest BCUT2D eigenvalue weighted by molar-refractivity contribution is 7.09. The SMILES string of the molecule is Cc1nsc(-c2nc(N3CCN(C(=O)O)CC3=O)c3n2CCN(C(=O)c2ccc(F)cc2)[C@@H]3C)n1. The summed E-state index contributed by atoms with van der Waals surface area (Å²) in [6, 6.07) is 4.92. The molecule has 0 radical (unpaired) electrons. The van der Waals surface area contributed by atoms with E-state index >= 15 is 0 Å². The number of carbonyl (C=O) groups excluding carboxylic acids is 2. The van der Waals surface area contributed by atoms with E-state index in [1.165, 1.54) is 40.7 Å². The quantitative estimate of drug-likeness (QED) is 0.587. The lowest BCUT2D eigenvalue weighted by molar-refractivity contribution is -0.120. The van der Waals surface area contributed by atoms with E-state index in [0.717, 1.165) is 4.90 Å². The molecule has 3 amide bonds. The third kappa shape index (κ3) is 4.01. The zero-order valence-electron chi connectivity index (χ0n) is 19.0. The van der Waals surface area contributed by atoms with Gasteiger partial charge in [0.2, 0.25) is 5.91 Å². The summed E-state index contributed by atoms with van der Waals surface area (Å²) in [5, 5.41) is 9.87. The molecule has 0 aliphatic carbocycles. The largest absolute Gasteiger partial charge is 0.465 e. The summed E-state index contributed by atoms with van der Waals surface area (Å²) in [4.78, 5) is 51.0. The van der Waals surface area contributed by atoms with Crippen molar-refractivity contribution in [2.24, 2.45) is 0 Å². The molecule has 1 saturated heterocycles. The molecule has 1 N–H and O–H groups in total. The van der Waals surface area contributed by atoms with E-state index in [2.05, 4.69) is 9.36 Å². The fourth-order valence-electron chi connectivity index (χ4n) is 4.49. The maximum Gasteiger partial charge on any atom is 0.407 e. The Morgan fingerprint density at radius 3 is 2.49 bits per heavy atom. The number of carboxylic acid groups (broad SMARTS) is 1. The molecule has 1 fully saturated rings. The second-order valence-electron chi connectivity index (χ2n) is 8.37. The number of anilines is 1. The van der Waals surface area contributed by atoms with Crippen LogP contribution in [0.25, 0.3) is 10.8 Å². The molecule has 0 unspecified atom stereocenters. The molecule has 5 rings (SSSR count). The van der Waals surface area contributed by atoms with Gasteiger partial charge in [-0.3, -0.25) is 19.4 Å². The van der Waals surface area contributed by atoms with Gasteiger partial charge in [0.25, 0.3) is 5.91 Å². The van der Waals surface area contributed by atoms with Gasteiger partial charge in [-0.2, -0.15) is 4.37 Å². The Labute approximate surface area is 203 Å². The molecule has 11 nitrogen and oxygen atoms in total. The number of amides is 3. The molecule has 35 heavy (non-hydrogen) atoms. The van der Waals surface area contributed by atoms with E-state index in [1.807, 2.05) is 11.5 Å². The van der Waals surface area contributed by atoms with E-state index < -0.39 is 23.9 Å². The zero-order valence-corrected chi connectivity index (χ0v) is 19.8. The van der Waals surface area contributed by atoms with E-state index in [0.29, 0.717) is 46.8 Å². The Morgan fingerprint density at radius 2 is 1.86 bits per heavy atom. The number of aromatic nitrogens is 4. The van der Waals surface area contributed by atoms with Gasteiger partial charge >= 0.3 is 6.09 Å². The number of carbonyl (C=O) groups is 3. The van der Waals surface area contributed by atoms with Gasteiger partial charge in [-0.05, 0) is 49.6 Å². The van der Waals surface area contributed by atoms with Crippen molar-refractivity contribution in [3.63, 3.8) is 0 Å². The van der Waals surface area contributed by atoms with Crippen LogP contribution in [-0.2, 0) is 11.3 Å². The van der Waals surface area contributed by atoms with Crippen LogP contribution in [0, 0.1) is 12.7 Å². The van der Waals surface area contributed by atoms with Crippen LogP contribution in [0.4, 0.5) is 15.0 Å². The highest BCUT2D eigenvalue weighted by Crippen LogP contribution is 2.38. The molecule has 13 heteroatoms. The Bertz CT molecular complexity index is 1320. The van der Waals surface area contributed by atoms with Crippen LogP contribution in [0.15, 0.2) is 24.3 Å². The van der Waals surface area contributed by atoms with Gasteiger partial charge in [-0.25, -0.2) is 19.2 Å². The second kappa shape index (κ2) is 8.73. The monoisotopic (exact) mass is 499 g/mol. The number of rotatable bonds is 3. The minimum Gasteiger partial charge on any atom is -0.465 e. The molecule has 1 atom stereocenters. The lowest BCUT2D eigenvalue weighted by Gasteiger charge is -2.37. The van der Waals surface area contributed by atoms with Crippen molar-refractivity contribution >= 4 is 35.3 Å². The fourth-order valence-corrected chi connectivity index (χ4v) is 5.16. The molecular weight excluding hydrogens is 477 g/mol. The first-order valence-corrected chi connectivity index (χ1v) is 11.8. The third-order valence-electron chi connectivity index (χ3n) is 6.23. The Hall–Kier alpha value is -3.87. The number of nitrogens with zero attached hydrogens (tertiary/aromatic N) is 7. The van der Waals surface area contributed by atoms with E-state index in [4.69, 9.17) is 4.98 Å². The lowest BCUT2D eigenvalue weighted by atomic mass is 10.1. The summed E-state index contributed by atoms with van der Waals surface area (Å²) in [5.74, 6) is 0.457. The van der Waals surface area contributed by atoms with Crippen LogP contribution in [0.3, 0.4) is 0 Å². The van der Waals surface area contributed by atoms with Gasteiger partial charge in [-0.1, -0.05) is 0 Å². The summed E-state index contributed by atoms with van der Waals surface area (Å²) in [7, 11) is 0. The van der Waals surface area contributed by atoms with Gasteiger partial charge in [0.15, 0.2) is 16.6 Å². The van der Waals surface area contributed by atoms with E-state index in [9.17, 15) is 23.9 Å². The molecule has 3 aromatic rings. The lowest BCUT2D eigenvalue weighted by Crippen LogP contribution is -2.52. The maximum absolute atomic E-state index is 13.4. The standard InChI is InChI=1S/C22H22FN7O4S/c1-12-17-18(29-8-7-27(22(33)34)11-16(29)31)25-19(20-24-13(2)26-35-20)30(17)10-9-28(12)21(32)14-3-5-15(23)6-4-14/h3-6,12H,7-11H2,1-2H3,(H,33,34)/t12-/m1/s1. The topological polar surface area (TPSA) is 125 Å². The van der Waals surface area contributed by atoms with Crippen LogP contribution in [0.5, 0.6) is 0 Å². The number of imidazole rings is 1. The van der Waals surface area contributed by atoms with Gasteiger partial charge < -0.3 is 14.6 Å². The minimum absolute atomic E-state index is 0.141. The highest BCUT2D eigenvalue weighted by Gasteiger charge is 2.39. The molecule has 2 aliphatic heterocycles. The van der Waals surface area contributed by atoms with Crippen molar-refractivity contribution in [1.29, 1.82) is 0 Å². The number of hydrogen-bond donors (Lipinski definition) is 1. The van der Waals surface area contributed by atoms with Crippen molar-refractivity contribution in [3.05, 3.63) is 47.2 Å². The normalized spacial score (nSPS) is 18.1. The highest BCUT2D eigenvalue weighted by atomic mass is 32.1. The molecule has 2 aromatic heterocycles. The van der Waals surface area contributed by atoms with Crippen molar-refractivity contribution in [2.75, 3.05) is 31.1 Å². The summed E-state index contributed by atoms with van der Waals surface area (Å²) in [6.45, 7) is 4.44. The summed E-state index contributed by atoms with van der Waals surface area (Å²) >= 11 is 1.20. The fraction of sp³-hybridized carbons (Fsp3) is 0.364. The van der Waals surface area contributed by atoms with Crippen molar-refractivity contribution in [1.82, 2.24) is 28.7 Å². The predicted molar refractivity (Wildman–Crippen MR) is 124 cm³/mol. The number of fused-ring (bicyclic) bond motifs is 1. The molecule has 0 saturated carbocycles. The first-order valence-electron chi connectivity index (χ1n) is 11.0. The molecular formula is C22H22FN7O4S. The number of piperazine rings is 1. The van der Waals surface area contributed by atoms with Crippen LogP contribution in [0.2, 0.25) is 0 Å². The summed E-state index contributed by atoms with van der Waals surface area (Å²) < 4.78 is 19.6. The molecule has 0 spiro atoms. The van der Waals surface area contributed by atoms with Crippen LogP contribution >= 0.6 is 11.5 Å². The molecule has 0 bridgehead atoms. The maximum atomic E-state index is 13.4. The van der Waals surface area contributed by atoms with E-state index in [1.54, 1.807) is 11.8 Å². The minimum atomic E-state index is -1.15. The Kier molecular flexibility index (Phi) is 5.71. The molecule has 1 aromatic carbocycles. The number of halogens is 1. The van der Waals surface area contributed by atoms with Gasteiger partial charge in [0, 0.05) is 31.7 Å². The number of hydrogen-bond acceptors (Lipinski definition) is 7. The van der Waals surface area contributed by atoms with Crippen molar-refractivity contribution in [3.8, 4) is 10.8 Å². The number of benzene rings is 1. The summed E-state index contributed by atoms with van der Waals surface area (Å²) in [6.07, 6.45) is -1.15. The number of aryl methyl sites for hydroxylation is 1. The van der Waals surface area contributed by atoms with Gasteiger partial charge in [0.1, 0.15) is 18.2 Å². The van der Waals surface area contributed by atoms with E-state index in [-0.39, 0.29) is 25.5 Å². The average molecular weight is 500 g/mol.